The summed E-state index contributed by atoms with van der Waals surface area (Å²) in [5.41, 5.74) is 1.26. The van der Waals surface area contributed by atoms with Crippen molar-refractivity contribution in [3.8, 4) is 0 Å². The largest absolute Gasteiger partial charge is 0.389 e. The van der Waals surface area contributed by atoms with E-state index < -0.39 is 12.1 Å². The molecule has 26 heavy (non-hydrogen) atoms. The molecule has 1 fully saturated rings. The molecule has 0 aliphatic carbocycles. The number of nitrogens with one attached hydrogen (secondary N) is 2. The van der Waals surface area contributed by atoms with Crippen LogP contribution in [0.4, 0.5) is 0 Å². The van der Waals surface area contributed by atoms with E-state index in [0.717, 1.165) is 18.4 Å². The number of nitrogens with zero attached hydrogens (tertiary/aromatic N) is 3. The van der Waals surface area contributed by atoms with Gasteiger partial charge < -0.3 is 19.8 Å². The summed E-state index contributed by atoms with van der Waals surface area (Å²) in [7, 11) is 0. The van der Waals surface area contributed by atoms with Crippen LogP contribution in [0.15, 0.2) is 23.0 Å². The number of rotatable bonds is 6. The first-order valence-electron chi connectivity index (χ1n) is 8.70. The van der Waals surface area contributed by atoms with Gasteiger partial charge in [0.2, 0.25) is 5.91 Å². The van der Waals surface area contributed by atoms with E-state index in [1.807, 2.05) is 6.20 Å². The highest BCUT2D eigenvalue weighted by atomic mass is 16.5. The Balaban J connectivity index is 1.43. The number of β-amino-alcohol motifs (C(OH)–C–C–N with tert-alkyl or cyclic N) is 1. The van der Waals surface area contributed by atoms with Gasteiger partial charge in [0.1, 0.15) is 5.76 Å². The predicted octanol–water partition coefficient (Wildman–Crippen LogP) is 0.421. The van der Waals surface area contributed by atoms with Gasteiger partial charge in [0.15, 0.2) is 5.69 Å². The monoisotopic (exact) mass is 361 g/mol. The summed E-state index contributed by atoms with van der Waals surface area (Å²) in [5.74, 6) is 0.182. The van der Waals surface area contributed by atoms with E-state index in [1.54, 1.807) is 24.1 Å². The third-order valence-electron chi connectivity index (χ3n) is 4.52. The van der Waals surface area contributed by atoms with Gasteiger partial charge in [-0.1, -0.05) is 5.16 Å². The van der Waals surface area contributed by atoms with Crippen molar-refractivity contribution < 1.29 is 19.2 Å². The summed E-state index contributed by atoms with van der Waals surface area (Å²) in [6, 6.07) is 1.13. The quantitative estimate of drug-likeness (QED) is 0.685. The van der Waals surface area contributed by atoms with Crippen LogP contribution in [0.2, 0.25) is 0 Å². The summed E-state index contributed by atoms with van der Waals surface area (Å²) < 4.78 is 4.88. The van der Waals surface area contributed by atoms with Crippen LogP contribution < -0.4 is 5.32 Å². The lowest BCUT2D eigenvalue weighted by Gasteiger charge is -2.36. The summed E-state index contributed by atoms with van der Waals surface area (Å²) in [4.78, 5) is 26.1. The van der Waals surface area contributed by atoms with Crippen molar-refractivity contribution in [3.05, 3.63) is 35.5 Å². The number of aryl methyl sites for hydroxylation is 2. The Labute approximate surface area is 150 Å². The van der Waals surface area contributed by atoms with E-state index in [1.165, 1.54) is 0 Å². The molecule has 3 rings (SSSR count). The number of aliphatic hydroxyl groups excluding tert-OH is 1. The maximum atomic E-state index is 12.3. The number of aromatic nitrogens is 3. The van der Waals surface area contributed by atoms with Gasteiger partial charge in [-0.05, 0) is 31.7 Å². The highest BCUT2D eigenvalue weighted by Crippen LogP contribution is 2.15. The number of aromatic amines is 1. The van der Waals surface area contributed by atoms with Gasteiger partial charge in [0.25, 0.3) is 5.91 Å². The van der Waals surface area contributed by atoms with Gasteiger partial charge in [-0.3, -0.25) is 14.7 Å². The minimum absolute atomic E-state index is 0.0180. The molecule has 0 bridgehead atoms. The van der Waals surface area contributed by atoms with Crippen LogP contribution in [0.5, 0.6) is 0 Å². The number of hydrogen-bond donors (Lipinski definition) is 3. The molecule has 0 unspecified atom stereocenters. The fourth-order valence-corrected chi connectivity index (χ4v) is 3.06. The summed E-state index contributed by atoms with van der Waals surface area (Å²) in [6.07, 6.45) is 5.20. The van der Waals surface area contributed by atoms with E-state index in [4.69, 9.17) is 4.52 Å². The van der Waals surface area contributed by atoms with Crippen molar-refractivity contribution in [1.29, 1.82) is 0 Å². The Morgan fingerprint density at radius 1 is 1.50 bits per heavy atom. The van der Waals surface area contributed by atoms with E-state index in [9.17, 15) is 14.7 Å². The molecular weight excluding hydrogens is 338 g/mol. The van der Waals surface area contributed by atoms with Crippen LogP contribution in [0.1, 0.15) is 41.1 Å². The highest BCUT2D eigenvalue weighted by molar-refractivity contribution is 5.92. The summed E-state index contributed by atoms with van der Waals surface area (Å²) >= 11 is 0. The van der Waals surface area contributed by atoms with E-state index in [2.05, 4.69) is 20.7 Å². The first kappa shape index (κ1) is 18.1. The zero-order valence-electron chi connectivity index (χ0n) is 14.6. The number of H-pyrrole nitrogens is 1. The third-order valence-corrected chi connectivity index (χ3v) is 4.52. The van der Waals surface area contributed by atoms with E-state index in [0.29, 0.717) is 25.1 Å². The summed E-state index contributed by atoms with van der Waals surface area (Å²) in [6.45, 7) is 2.42. The zero-order chi connectivity index (χ0) is 18.5. The van der Waals surface area contributed by atoms with Crippen LogP contribution in [-0.2, 0) is 11.2 Å². The molecule has 0 saturated carbocycles. The number of carbonyl (C=O) groups excluding carboxylic acids is 2. The van der Waals surface area contributed by atoms with E-state index in [-0.39, 0.29) is 24.1 Å². The Kier molecular flexibility index (Phi) is 5.67. The lowest BCUT2D eigenvalue weighted by molar-refractivity contribution is -0.134. The van der Waals surface area contributed by atoms with Gasteiger partial charge in [0.05, 0.1) is 18.3 Å². The molecule has 9 nitrogen and oxygen atoms in total. The second kappa shape index (κ2) is 8.13. The fourth-order valence-electron chi connectivity index (χ4n) is 3.06. The molecule has 1 aliphatic rings. The van der Waals surface area contributed by atoms with Gasteiger partial charge in [-0.25, -0.2) is 0 Å². The van der Waals surface area contributed by atoms with Crippen molar-refractivity contribution >= 4 is 11.8 Å². The molecule has 9 heteroatoms. The molecule has 2 amide bonds. The van der Waals surface area contributed by atoms with Gasteiger partial charge >= 0.3 is 0 Å². The van der Waals surface area contributed by atoms with Crippen LogP contribution >= 0.6 is 0 Å². The van der Waals surface area contributed by atoms with Gasteiger partial charge in [-0.2, -0.15) is 5.10 Å². The first-order chi connectivity index (χ1) is 12.5. The highest BCUT2D eigenvalue weighted by Gasteiger charge is 2.31. The standard InChI is InChI=1S/C17H23N5O4/c1-11-7-14(21-26-11)17(25)20-13-5-6-22(10-15(13)23)16(24)4-2-3-12-8-18-19-9-12/h7-9,13,15,23H,2-6,10H2,1H3,(H,18,19)(H,20,25)/t13-,15-/m1/s1. The summed E-state index contributed by atoms with van der Waals surface area (Å²) in [5, 5.41) is 23.3. The fraction of sp³-hybridized carbons (Fsp3) is 0.529. The smallest absolute Gasteiger partial charge is 0.273 e. The van der Waals surface area contributed by atoms with Crippen molar-refractivity contribution in [3.63, 3.8) is 0 Å². The molecule has 2 aromatic rings. The molecule has 2 aromatic heterocycles. The molecule has 3 N–H and O–H groups in total. The molecule has 0 radical (unpaired) electrons. The Morgan fingerprint density at radius 3 is 3.00 bits per heavy atom. The molecule has 0 spiro atoms. The average molecular weight is 361 g/mol. The molecular formula is C17H23N5O4. The van der Waals surface area contributed by atoms with Crippen molar-refractivity contribution in [2.75, 3.05) is 13.1 Å². The van der Waals surface area contributed by atoms with Gasteiger partial charge in [-0.15, -0.1) is 0 Å². The normalized spacial score (nSPS) is 20.2. The molecule has 1 saturated heterocycles. The zero-order valence-corrected chi connectivity index (χ0v) is 14.6. The van der Waals surface area contributed by atoms with Crippen molar-refractivity contribution in [2.45, 2.75) is 44.8 Å². The minimum atomic E-state index is -0.807. The lowest BCUT2D eigenvalue weighted by Crippen LogP contribution is -2.55. The van der Waals surface area contributed by atoms with Crippen molar-refractivity contribution in [2.24, 2.45) is 0 Å². The SMILES string of the molecule is Cc1cc(C(=O)N[C@@H]2CCN(C(=O)CCCc3cn[nH]c3)C[C@H]2O)no1. The number of hydrogen-bond acceptors (Lipinski definition) is 6. The molecule has 1 aliphatic heterocycles. The maximum Gasteiger partial charge on any atom is 0.273 e. The maximum absolute atomic E-state index is 12.3. The number of amides is 2. The average Bonchev–Trinajstić information content (AvgIpc) is 3.28. The second-order valence-corrected chi connectivity index (χ2v) is 6.56. The van der Waals surface area contributed by atoms with Crippen LogP contribution in [0, 0.1) is 6.92 Å². The molecule has 0 aromatic carbocycles. The van der Waals surface area contributed by atoms with Crippen LogP contribution in [0.3, 0.4) is 0 Å². The third kappa shape index (κ3) is 4.48. The predicted molar refractivity (Wildman–Crippen MR) is 91.2 cm³/mol. The van der Waals surface area contributed by atoms with E-state index >= 15 is 0 Å². The minimum Gasteiger partial charge on any atom is -0.389 e. The molecule has 140 valence electrons. The second-order valence-electron chi connectivity index (χ2n) is 6.56. The Morgan fingerprint density at radius 2 is 2.35 bits per heavy atom. The lowest BCUT2D eigenvalue weighted by atomic mass is 10.0. The number of carbonyl (C=O) groups is 2. The number of piperidine rings is 1. The number of aliphatic hydroxyl groups is 1. The Hall–Kier alpha value is -2.68. The number of likely N-dealkylation sites (tertiary alicyclic amines) is 1. The van der Waals surface area contributed by atoms with Crippen LogP contribution in [0.25, 0.3) is 0 Å². The van der Waals surface area contributed by atoms with Crippen molar-refractivity contribution in [1.82, 2.24) is 25.6 Å². The first-order valence-corrected chi connectivity index (χ1v) is 8.70. The Bertz CT molecular complexity index is 742. The van der Waals surface area contributed by atoms with Gasteiger partial charge in [0, 0.05) is 31.8 Å². The van der Waals surface area contributed by atoms with Crippen LogP contribution in [-0.4, -0.2) is 62.4 Å². The topological polar surface area (TPSA) is 124 Å². The molecule has 2 atom stereocenters. The molecule has 3 heterocycles.